The van der Waals surface area contributed by atoms with Crippen LogP contribution in [0, 0.1) is 0 Å². The molecule has 0 aliphatic heterocycles. The normalized spacial score (nSPS) is 21.9. The number of aliphatic carboxylic acids is 1. The van der Waals surface area contributed by atoms with Crippen molar-refractivity contribution in [3.8, 4) is 0 Å². The molecule has 2 N–H and O–H groups in total. The SMILES string of the molecule is CNC1(CC(=O)N(CC(=O)O)C2CC2)CCCCC1. The fourth-order valence-corrected chi connectivity index (χ4v) is 3.09. The van der Waals surface area contributed by atoms with Gasteiger partial charge in [-0.25, -0.2) is 0 Å². The molecule has 0 aromatic carbocycles. The molecule has 0 spiro atoms. The summed E-state index contributed by atoms with van der Waals surface area (Å²) in [5.41, 5.74) is -0.110. The Morgan fingerprint density at radius 2 is 1.89 bits per heavy atom. The molecule has 0 aromatic heterocycles. The zero-order valence-corrected chi connectivity index (χ0v) is 11.7. The van der Waals surface area contributed by atoms with Gasteiger partial charge in [0.05, 0.1) is 0 Å². The lowest BCUT2D eigenvalue weighted by atomic mass is 9.79. The summed E-state index contributed by atoms with van der Waals surface area (Å²) in [5.74, 6) is -0.913. The van der Waals surface area contributed by atoms with Gasteiger partial charge in [-0.1, -0.05) is 19.3 Å². The fourth-order valence-electron chi connectivity index (χ4n) is 3.09. The number of amides is 1. The van der Waals surface area contributed by atoms with E-state index in [4.69, 9.17) is 5.11 Å². The minimum atomic E-state index is -0.914. The van der Waals surface area contributed by atoms with Crippen LogP contribution >= 0.6 is 0 Å². The van der Waals surface area contributed by atoms with Gasteiger partial charge in [-0.3, -0.25) is 9.59 Å². The second kappa shape index (κ2) is 5.90. The van der Waals surface area contributed by atoms with Crippen LogP contribution in [0.3, 0.4) is 0 Å². The van der Waals surface area contributed by atoms with E-state index in [1.165, 1.54) is 6.42 Å². The molecule has 0 heterocycles. The van der Waals surface area contributed by atoms with Crippen LogP contribution in [0.5, 0.6) is 0 Å². The molecule has 0 bridgehead atoms. The largest absolute Gasteiger partial charge is 0.480 e. The van der Waals surface area contributed by atoms with Crippen LogP contribution < -0.4 is 5.32 Å². The number of carbonyl (C=O) groups is 2. The second-order valence-corrected chi connectivity index (χ2v) is 5.91. The van der Waals surface area contributed by atoms with Crippen LogP contribution in [0.25, 0.3) is 0 Å². The Balaban J connectivity index is 1.98. The third-order valence-electron chi connectivity index (χ3n) is 4.44. The molecular weight excluding hydrogens is 244 g/mol. The molecule has 5 heteroatoms. The second-order valence-electron chi connectivity index (χ2n) is 5.91. The monoisotopic (exact) mass is 268 g/mol. The van der Waals surface area contributed by atoms with Crippen molar-refractivity contribution in [2.75, 3.05) is 13.6 Å². The lowest BCUT2D eigenvalue weighted by Crippen LogP contribution is -2.50. The molecule has 0 radical (unpaired) electrons. The average Bonchev–Trinajstić information content (AvgIpc) is 3.21. The van der Waals surface area contributed by atoms with Crippen molar-refractivity contribution in [1.82, 2.24) is 10.2 Å². The summed E-state index contributed by atoms with van der Waals surface area (Å²) in [6.45, 7) is -0.150. The molecule has 2 aliphatic carbocycles. The quantitative estimate of drug-likeness (QED) is 0.763. The van der Waals surface area contributed by atoms with Crippen molar-refractivity contribution in [2.24, 2.45) is 0 Å². The number of hydrogen-bond donors (Lipinski definition) is 2. The van der Waals surface area contributed by atoms with E-state index >= 15 is 0 Å². The highest BCUT2D eigenvalue weighted by Gasteiger charge is 2.39. The molecule has 2 aliphatic rings. The first-order valence-corrected chi connectivity index (χ1v) is 7.26. The minimum absolute atomic E-state index is 0.00106. The van der Waals surface area contributed by atoms with Crippen LogP contribution in [0.1, 0.15) is 51.4 Å². The standard InChI is InChI=1S/C14H24N2O3/c1-15-14(7-3-2-4-8-14)9-12(17)16(10-13(18)19)11-5-6-11/h11,15H,2-10H2,1H3,(H,18,19). The van der Waals surface area contributed by atoms with Gasteiger partial charge in [-0.05, 0) is 32.7 Å². The maximum Gasteiger partial charge on any atom is 0.323 e. The van der Waals surface area contributed by atoms with Crippen molar-refractivity contribution in [3.63, 3.8) is 0 Å². The Morgan fingerprint density at radius 3 is 2.37 bits per heavy atom. The molecule has 108 valence electrons. The van der Waals surface area contributed by atoms with Gasteiger partial charge in [0.1, 0.15) is 6.54 Å². The van der Waals surface area contributed by atoms with E-state index < -0.39 is 5.97 Å². The zero-order valence-electron chi connectivity index (χ0n) is 11.7. The Kier molecular flexibility index (Phi) is 4.45. The first kappa shape index (κ1) is 14.3. The van der Waals surface area contributed by atoms with Crippen LogP contribution in [-0.2, 0) is 9.59 Å². The highest BCUT2D eigenvalue weighted by atomic mass is 16.4. The maximum atomic E-state index is 12.4. The van der Waals surface area contributed by atoms with Crippen LogP contribution in [-0.4, -0.2) is 47.1 Å². The van der Waals surface area contributed by atoms with E-state index in [1.807, 2.05) is 7.05 Å². The van der Waals surface area contributed by atoms with Crippen molar-refractivity contribution < 1.29 is 14.7 Å². The Hall–Kier alpha value is -1.10. The predicted molar refractivity (Wildman–Crippen MR) is 71.9 cm³/mol. The van der Waals surface area contributed by atoms with Crippen molar-refractivity contribution in [1.29, 1.82) is 0 Å². The summed E-state index contributed by atoms with van der Waals surface area (Å²) in [7, 11) is 1.91. The van der Waals surface area contributed by atoms with E-state index in [9.17, 15) is 9.59 Å². The van der Waals surface area contributed by atoms with Gasteiger partial charge < -0.3 is 15.3 Å². The molecule has 19 heavy (non-hydrogen) atoms. The highest BCUT2D eigenvalue weighted by Crippen LogP contribution is 2.33. The molecule has 0 atom stereocenters. The molecule has 0 saturated heterocycles. The van der Waals surface area contributed by atoms with Crippen LogP contribution in [0.4, 0.5) is 0 Å². The topological polar surface area (TPSA) is 69.6 Å². The minimum Gasteiger partial charge on any atom is -0.480 e. The highest BCUT2D eigenvalue weighted by molar-refractivity contribution is 5.82. The number of hydrogen-bond acceptors (Lipinski definition) is 3. The molecular formula is C14H24N2O3. The first-order valence-electron chi connectivity index (χ1n) is 7.26. The molecule has 2 rings (SSSR count). The average molecular weight is 268 g/mol. The Bertz CT molecular complexity index is 347. The summed E-state index contributed by atoms with van der Waals surface area (Å²) in [5, 5.41) is 12.2. The number of carboxylic acids is 1. The fraction of sp³-hybridized carbons (Fsp3) is 0.857. The third-order valence-corrected chi connectivity index (χ3v) is 4.44. The van der Waals surface area contributed by atoms with Crippen LogP contribution in [0.15, 0.2) is 0 Å². The van der Waals surface area contributed by atoms with Crippen LogP contribution in [0.2, 0.25) is 0 Å². The smallest absolute Gasteiger partial charge is 0.323 e. The third kappa shape index (κ3) is 3.69. The van der Waals surface area contributed by atoms with E-state index in [0.717, 1.165) is 38.5 Å². The summed E-state index contributed by atoms with van der Waals surface area (Å²) >= 11 is 0. The number of nitrogens with one attached hydrogen (secondary N) is 1. The van der Waals surface area contributed by atoms with Crippen molar-refractivity contribution in [3.05, 3.63) is 0 Å². The van der Waals surface area contributed by atoms with Gasteiger partial charge in [0.25, 0.3) is 0 Å². The molecule has 0 unspecified atom stereocenters. The van der Waals surface area contributed by atoms with Gasteiger partial charge in [-0.2, -0.15) is 0 Å². The van der Waals surface area contributed by atoms with Crippen molar-refractivity contribution in [2.45, 2.75) is 62.9 Å². The molecule has 0 aromatic rings. The molecule has 2 fully saturated rings. The van der Waals surface area contributed by atoms with Gasteiger partial charge >= 0.3 is 5.97 Å². The van der Waals surface area contributed by atoms with Gasteiger partial charge in [0.2, 0.25) is 5.91 Å². The molecule has 2 saturated carbocycles. The van der Waals surface area contributed by atoms with E-state index in [2.05, 4.69) is 5.32 Å². The Labute approximate surface area is 114 Å². The van der Waals surface area contributed by atoms with Gasteiger partial charge in [-0.15, -0.1) is 0 Å². The maximum absolute atomic E-state index is 12.4. The molecule has 1 amide bonds. The summed E-state index contributed by atoms with van der Waals surface area (Å²) in [6.07, 6.45) is 7.90. The summed E-state index contributed by atoms with van der Waals surface area (Å²) in [6, 6.07) is 0.168. The lowest BCUT2D eigenvalue weighted by molar-refractivity contribution is -0.145. The van der Waals surface area contributed by atoms with E-state index in [1.54, 1.807) is 4.90 Å². The zero-order chi connectivity index (χ0) is 13.9. The van der Waals surface area contributed by atoms with E-state index in [-0.39, 0.29) is 24.0 Å². The summed E-state index contributed by atoms with van der Waals surface area (Å²) < 4.78 is 0. The van der Waals surface area contributed by atoms with Crippen molar-refractivity contribution >= 4 is 11.9 Å². The predicted octanol–water partition coefficient (Wildman–Crippen LogP) is 1.37. The lowest BCUT2D eigenvalue weighted by Gasteiger charge is -2.38. The summed E-state index contributed by atoms with van der Waals surface area (Å²) in [4.78, 5) is 24.9. The Morgan fingerprint density at radius 1 is 1.26 bits per heavy atom. The number of rotatable bonds is 6. The van der Waals surface area contributed by atoms with Gasteiger partial charge in [0, 0.05) is 18.0 Å². The molecule has 5 nitrogen and oxygen atoms in total. The van der Waals surface area contributed by atoms with Gasteiger partial charge in [0.15, 0.2) is 0 Å². The first-order chi connectivity index (χ1) is 9.06. The van der Waals surface area contributed by atoms with E-state index in [0.29, 0.717) is 6.42 Å². The number of nitrogens with zero attached hydrogens (tertiary/aromatic N) is 1. The number of carbonyl (C=O) groups excluding carboxylic acids is 1. The number of carboxylic acid groups (broad SMARTS) is 1.